The fourth-order valence-electron chi connectivity index (χ4n) is 4.92. The quantitative estimate of drug-likeness (QED) is 0.631. The van der Waals surface area contributed by atoms with Crippen molar-refractivity contribution in [2.24, 2.45) is 11.8 Å². The third-order valence-corrected chi connectivity index (χ3v) is 7.24. The molecule has 0 radical (unpaired) electrons. The fraction of sp³-hybridized carbons (Fsp3) is 0.680. The number of carboxylic acid groups (broad SMARTS) is 1. The van der Waals surface area contributed by atoms with Crippen LogP contribution < -0.4 is 10.1 Å². The van der Waals surface area contributed by atoms with Crippen molar-refractivity contribution in [3.8, 4) is 5.75 Å². The number of ether oxygens (including phenoxy) is 1. The molecule has 4 aliphatic rings. The predicted molar refractivity (Wildman–Crippen MR) is 120 cm³/mol. The van der Waals surface area contributed by atoms with Crippen molar-refractivity contribution in [3.05, 3.63) is 29.8 Å². The molecule has 2 aliphatic heterocycles. The average Bonchev–Trinajstić information content (AvgIpc) is 3.70. The number of alkyl halides is 3. The lowest BCUT2D eigenvalue weighted by molar-refractivity contribution is -0.192. The standard InChI is InChI=1S/C23H32N2O2.C2HF3O2/c26-22(24-15-17-5-6-17)13-19-14-23(27-21-4-2-1-3-20(19)21)9-11-25(12-10-23)16-18-7-8-18;3-2(4,5)1(6)7/h1-4,17-19H,5-16H2,(H,24,26);(H,6,7). The highest BCUT2D eigenvalue weighted by Gasteiger charge is 2.44. The SMILES string of the molecule is O=C(CC1CC2(CCN(CC3CC3)CC2)Oc2ccccc21)NCC1CC1.O=C(O)C(F)(F)F. The van der Waals surface area contributed by atoms with Crippen LogP contribution in [0.15, 0.2) is 24.3 Å². The number of nitrogens with one attached hydrogen (secondary N) is 1. The number of likely N-dealkylation sites (tertiary alicyclic amines) is 1. The molecule has 2 aliphatic carbocycles. The summed E-state index contributed by atoms with van der Waals surface area (Å²) in [5.41, 5.74) is 1.15. The first-order valence-electron chi connectivity index (χ1n) is 12.2. The molecule has 6 nitrogen and oxygen atoms in total. The minimum Gasteiger partial charge on any atom is -0.487 e. The van der Waals surface area contributed by atoms with Gasteiger partial charge >= 0.3 is 12.1 Å². The van der Waals surface area contributed by atoms with Crippen LogP contribution in [0.1, 0.15) is 62.8 Å². The van der Waals surface area contributed by atoms with Gasteiger partial charge in [0.25, 0.3) is 0 Å². The van der Waals surface area contributed by atoms with Gasteiger partial charge in [-0.2, -0.15) is 13.2 Å². The normalized spacial score (nSPS) is 23.8. The summed E-state index contributed by atoms with van der Waals surface area (Å²) >= 11 is 0. The zero-order chi connectivity index (χ0) is 24.3. The van der Waals surface area contributed by atoms with E-state index in [0.29, 0.717) is 6.42 Å². The average molecular weight is 483 g/mol. The van der Waals surface area contributed by atoms with Gasteiger partial charge in [-0.3, -0.25) is 4.79 Å². The van der Waals surface area contributed by atoms with Crippen LogP contribution in [-0.4, -0.2) is 59.8 Å². The van der Waals surface area contributed by atoms with E-state index in [1.165, 1.54) is 37.8 Å². The van der Waals surface area contributed by atoms with Crippen molar-refractivity contribution in [1.82, 2.24) is 10.2 Å². The number of aliphatic carboxylic acids is 1. The summed E-state index contributed by atoms with van der Waals surface area (Å²) in [6.07, 6.45) is 4.08. The highest BCUT2D eigenvalue weighted by Crippen LogP contribution is 2.47. The lowest BCUT2D eigenvalue weighted by Gasteiger charge is -2.47. The Morgan fingerprint density at radius 1 is 1.09 bits per heavy atom. The van der Waals surface area contributed by atoms with E-state index in [4.69, 9.17) is 14.6 Å². The number of benzene rings is 1. The van der Waals surface area contributed by atoms with Gasteiger partial charge in [-0.25, -0.2) is 4.79 Å². The maximum Gasteiger partial charge on any atom is 0.490 e. The second-order valence-corrected chi connectivity index (χ2v) is 10.2. The number of carbonyl (C=O) groups is 2. The number of piperidine rings is 1. The van der Waals surface area contributed by atoms with Crippen LogP contribution in [0, 0.1) is 11.8 Å². The number of hydrogen-bond donors (Lipinski definition) is 2. The Morgan fingerprint density at radius 3 is 2.29 bits per heavy atom. The molecule has 1 aromatic rings. The van der Waals surface area contributed by atoms with E-state index in [-0.39, 0.29) is 17.4 Å². The summed E-state index contributed by atoms with van der Waals surface area (Å²) in [4.78, 5) is 24.1. The number of nitrogens with zero attached hydrogens (tertiary/aromatic N) is 1. The first-order valence-corrected chi connectivity index (χ1v) is 12.2. The van der Waals surface area contributed by atoms with Crippen LogP contribution in [-0.2, 0) is 9.59 Å². The summed E-state index contributed by atoms with van der Waals surface area (Å²) in [6.45, 7) is 4.42. The van der Waals surface area contributed by atoms with E-state index in [1.807, 2.05) is 0 Å². The molecule has 3 fully saturated rings. The number of para-hydroxylation sites is 1. The Kier molecular flexibility index (Phi) is 7.40. The molecule has 34 heavy (non-hydrogen) atoms. The first-order chi connectivity index (χ1) is 16.1. The topological polar surface area (TPSA) is 78.9 Å². The van der Waals surface area contributed by atoms with Gasteiger partial charge in [0.15, 0.2) is 0 Å². The Morgan fingerprint density at radius 2 is 1.71 bits per heavy atom. The molecule has 9 heteroatoms. The molecule has 2 saturated carbocycles. The number of carbonyl (C=O) groups excluding carboxylic acids is 1. The molecule has 0 aromatic heterocycles. The van der Waals surface area contributed by atoms with Crippen LogP contribution >= 0.6 is 0 Å². The van der Waals surface area contributed by atoms with E-state index < -0.39 is 12.1 Å². The molecule has 1 aromatic carbocycles. The lowest BCUT2D eigenvalue weighted by atomic mass is 9.76. The van der Waals surface area contributed by atoms with Crippen molar-refractivity contribution in [2.45, 2.75) is 69.1 Å². The Labute approximate surface area is 197 Å². The number of hydrogen-bond acceptors (Lipinski definition) is 4. The van der Waals surface area contributed by atoms with Gasteiger partial charge in [-0.1, -0.05) is 18.2 Å². The number of amides is 1. The fourth-order valence-corrected chi connectivity index (χ4v) is 4.92. The number of rotatable bonds is 6. The third-order valence-electron chi connectivity index (χ3n) is 7.24. The monoisotopic (exact) mass is 482 g/mol. The molecule has 188 valence electrons. The summed E-state index contributed by atoms with van der Waals surface area (Å²) in [6, 6.07) is 8.39. The van der Waals surface area contributed by atoms with Gasteiger partial charge in [0.05, 0.1) is 0 Å². The molecule has 1 atom stereocenters. The van der Waals surface area contributed by atoms with Crippen molar-refractivity contribution in [1.29, 1.82) is 0 Å². The summed E-state index contributed by atoms with van der Waals surface area (Å²) < 4.78 is 38.3. The molecule has 2 N–H and O–H groups in total. The van der Waals surface area contributed by atoms with Crippen LogP contribution in [0.3, 0.4) is 0 Å². The van der Waals surface area contributed by atoms with Gasteiger partial charge in [0.1, 0.15) is 11.4 Å². The van der Waals surface area contributed by atoms with Gasteiger partial charge in [0.2, 0.25) is 5.91 Å². The third kappa shape index (κ3) is 6.87. The zero-order valence-corrected chi connectivity index (χ0v) is 19.3. The minimum absolute atomic E-state index is 0.0736. The van der Waals surface area contributed by atoms with Crippen molar-refractivity contribution in [3.63, 3.8) is 0 Å². The zero-order valence-electron chi connectivity index (χ0n) is 19.3. The van der Waals surface area contributed by atoms with Gasteiger partial charge in [-0.05, 0) is 68.4 Å². The highest BCUT2D eigenvalue weighted by molar-refractivity contribution is 5.77. The summed E-state index contributed by atoms with van der Waals surface area (Å²) in [5.74, 6) is 0.439. The maximum absolute atomic E-state index is 12.5. The second-order valence-electron chi connectivity index (χ2n) is 10.2. The molecule has 5 rings (SSSR count). The Hall–Kier alpha value is -2.29. The minimum atomic E-state index is -5.08. The Bertz CT molecular complexity index is 875. The molecule has 1 unspecified atom stereocenters. The molecular weight excluding hydrogens is 449 g/mol. The van der Waals surface area contributed by atoms with Crippen molar-refractivity contribution < 1.29 is 32.6 Å². The van der Waals surface area contributed by atoms with Crippen LogP contribution in [0.25, 0.3) is 0 Å². The number of carboxylic acids is 1. The predicted octanol–water partition coefficient (Wildman–Crippen LogP) is 4.35. The smallest absolute Gasteiger partial charge is 0.487 e. The maximum atomic E-state index is 12.5. The van der Waals surface area contributed by atoms with Crippen LogP contribution in [0.4, 0.5) is 13.2 Å². The van der Waals surface area contributed by atoms with Gasteiger partial charge in [0, 0.05) is 38.5 Å². The van der Waals surface area contributed by atoms with Crippen molar-refractivity contribution >= 4 is 11.9 Å². The van der Waals surface area contributed by atoms with E-state index in [9.17, 15) is 18.0 Å². The van der Waals surface area contributed by atoms with E-state index >= 15 is 0 Å². The molecular formula is C25H33F3N2O4. The van der Waals surface area contributed by atoms with Gasteiger partial charge < -0.3 is 20.1 Å². The molecule has 0 bridgehead atoms. The van der Waals surface area contributed by atoms with Gasteiger partial charge in [-0.15, -0.1) is 0 Å². The van der Waals surface area contributed by atoms with E-state index in [2.05, 4.69) is 34.5 Å². The van der Waals surface area contributed by atoms with Crippen molar-refractivity contribution in [2.75, 3.05) is 26.2 Å². The van der Waals surface area contributed by atoms with Crippen LogP contribution in [0.2, 0.25) is 0 Å². The second kappa shape index (κ2) is 10.1. The summed E-state index contributed by atoms with van der Waals surface area (Å²) in [7, 11) is 0. The largest absolute Gasteiger partial charge is 0.490 e. The first kappa shape index (κ1) is 24.8. The molecule has 1 amide bonds. The number of halogens is 3. The molecule has 1 saturated heterocycles. The highest BCUT2D eigenvalue weighted by atomic mass is 19.4. The Balaban J connectivity index is 0.000000344. The number of fused-ring (bicyclic) bond motifs is 1. The summed E-state index contributed by atoms with van der Waals surface area (Å²) in [5, 5.41) is 10.3. The molecule has 2 heterocycles. The van der Waals surface area contributed by atoms with Crippen LogP contribution in [0.5, 0.6) is 5.75 Å². The molecule has 1 spiro atoms. The lowest BCUT2D eigenvalue weighted by Crippen LogP contribution is -2.51. The van der Waals surface area contributed by atoms with E-state index in [0.717, 1.165) is 56.5 Å². The van der Waals surface area contributed by atoms with E-state index in [1.54, 1.807) is 0 Å².